The van der Waals surface area contributed by atoms with Gasteiger partial charge in [-0.1, -0.05) is 18.0 Å². The lowest BCUT2D eigenvalue weighted by molar-refractivity contribution is -0.146. The first-order valence-corrected chi connectivity index (χ1v) is 6.28. The normalized spacial score (nSPS) is 17.0. The quantitative estimate of drug-likeness (QED) is 0.863. The molecule has 0 radical (unpaired) electrons. The Hall–Kier alpha value is -1.26. The molecule has 0 amide bonds. The van der Waals surface area contributed by atoms with Gasteiger partial charge < -0.3 is 14.9 Å². The Balaban J connectivity index is 2.07. The zero-order chi connectivity index (χ0) is 13.1. The van der Waals surface area contributed by atoms with Crippen molar-refractivity contribution in [2.75, 3.05) is 6.61 Å². The summed E-state index contributed by atoms with van der Waals surface area (Å²) < 4.78 is 5.57. The number of aliphatic hydroxyl groups excluding tert-OH is 1. The van der Waals surface area contributed by atoms with E-state index in [2.05, 4.69) is 0 Å². The van der Waals surface area contributed by atoms with Gasteiger partial charge in [-0.3, -0.25) is 0 Å². The van der Waals surface area contributed by atoms with E-state index in [-0.39, 0.29) is 5.56 Å². The summed E-state index contributed by atoms with van der Waals surface area (Å²) in [6.07, 6.45) is 2.01. The van der Waals surface area contributed by atoms with Crippen molar-refractivity contribution in [2.45, 2.75) is 25.4 Å². The van der Waals surface area contributed by atoms with E-state index >= 15 is 0 Å². The second-order valence-corrected chi connectivity index (χ2v) is 5.01. The van der Waals surface area contributed by atoms with E-state index in [1.54, 1.807) is 6.07 Å². The van der Waals surface area contributed by atoms with Crippen molar-refractivity contribution in [1.29, 1.82) is 0 Å². The average Bonchev–Trinajstić information content (AvgIpc) is 2.25. The number of carboxylic acid groups (broad SMARTS) is 1. The fraction of sp³-hybridized carbons (Fsp3) is 0.462. The SMILES string of the molecule is O=C(O)C(O)c1cc(Cl)cc(OCC2CCC2)c1. The van der Waals surface area contributed by atoms with E-state index in [4.69, 9.17) is 21.4 Å². The zero-order valence-corrected chi connectivity index (χ0v) is 10.6. The monoisotopic (exact) mass is 270 g/mol. The Bertz CT molecular complexity index is 443. The molecule has 2 rings (SSSR count). The van der Waals surface area contributed by atoms with Gasteiger partial charge in [0.15, 0.2) is 6.10 Å². The standard InChI is InChI=1S/C13H15ClO4/c14-10-4-9(12(15)13(16)17)5-11(6-10)18-7-8-2-1-3-8/h4-6,8,12,15H,1-3,7H2,(H,16,17). The summed E-state index contributed by atoms with van der Waals surface area (Å²) >= 11 is 5.88. The third-order valence-electron chi connectivity index (χ3n) is 3.15. The molecule has 5 heteroatoms. The number of carbonyl (C=O) groups is 1. The molecule has 1 saturated carbocycles. The first kappa shape index (κ1) is 13.2. The Morgan fingerprint density at radius 1 is 1.44 bits per heavy atom. The molecule has 1 atom stereocenters. The summed E-state index contributed by atoms with van der Waals surface area (Å²) in [6, 6.07) is 4.57. The largest absolute Gasteiger partial charge is 0.493 e. The minimum atomic E-state index is -1.57. The molecule has 18 heavy (non-hydrogen) atoms. The highest BCUT2D eigenvalue weighted by Gasteiger charge is 2.20. The lowest BCUT2D eigenvalue weighted by atomic mass is 9.86. The number of ether oxygens (including phenoxy) is 1. The number of benzene rings is 1. The number of rotatable bonds is 5. The predicted octanol–water partition coefficient (Wildman–Crippen LogP) is 2.64. The van der Waals surface area contributed by atoms with Crippen LogP contribution < -0.4 is 4.74 Å². The average molecular weight is 271 g/mol. The van der Waals surface area contributed by atoms with Gasteiger partial charge in [0.05, 0.1) is 6.61 Å². The van der Waals surface area contributed by atoms with Gasteiger partial charge >= 0.3 is 5.97 Å². The van der Waals surface area contributed by atoms with Gasteiger partial charge in [-0.05, 0) is 42.5 Å². The van der Waals surface area contributed by atoms with Crippen LogP contribution in [0.2, 0.25) is 5.02 Å². The van der Waals surface area contributed by atoms with Crippen molar-refractivity contribution >= 4 is 17.6 Å². The van der Waals surface area contributed by atoms with Gasteiger partial charge in [-0.2, -0.15) is 0 Å². The summed E-state index contributed by atoms with van der Waals surface area (Å²) in [6.45, 7) is 0.614. The van der Waals surface area contributed by atoms with Crippen LogP contribution in [0.1, 0.15) is 30.9 Å². The Labute approximate surface area is 110 Å². The van der Waals surface area contributed by atoms with Crippen molar-refractivity contribution in [3.05, 3.63) is 28.8 Å². The van der Waals surface area contributed by atoms with Gasteiger partial charge in [-0.15, -0.1) is 0 Å². The third-order valence-corrected chi connectivity index (χ3v) is 3.37. The van der Waals surface area contributed by atoms with Crippen molar-refractivity contribution in [3.8, 4) is 5.75 Å². The minimum absolute atomic E-state index is 0.235. The molecule has 0 bridgehead atoms. The molecule has 0 spiro atoms. The van der Waals surface area contributed by atoms with E-state index in [1.807, 2.05) is 0 Å². The van der Waals surface area contributed by atoms with Crippen LogP contribution in [0.5, 0.6) is 5.75 Å². The number of halogens is 1. The number of carboxylic acids is 1. The summed E-state index contributed by atoms with van der Waals surface area (Å²) in [5.41, 5.74) is 0.235. The Kier molecular flexibility index (Phi) is 4.09. The molecular weight excluding hydrogens is 256 g/mol. The molecule has 0 aliphatic heterocycles. The van der Waals surface area contributed by atoms with Gasteiger partial charge in [0, 0.05) is 5.02 Å². The second kappa shape index (κ2) is 5.59. The fourth-order valence-electron chi connectivity index (χ4n) is 1.84. The molecule has 2 N–H and O–H groups in total. The van der Waals surface area contributed by atoms with Crippen molar-refractivity contribution < 1.29 is 19.7 Å². The third kappa shape index (κ3) is 3.15. The van der Waals surface area contributed by atoms with E-state index in [0.29, 0.717) is 23.3 Å². The molecule has 1 aliphatic carbocycles. The topological polar surface area (TPSA) is 66.8 Å². The van der Waals surface area contributed by atoms with Gasteiger partial charge in [-0.25, -0.2) is 4.79 Å². The number of aliphatic hydroxyl groups is 1. The summed E-state index contributed by atoms with van der Waals surface area (Å²) in [5.74, 6) is -0.219. The van der Waals surface area contributed by atoms with Crippen LogP contribution in [-0.2, 0) is 4.79 Å². The van der Waals surface area contributed by atoms with Crippen LogP contribution in [0.3, 0.4) is 0 Å². The smallest absolute Gasteiger partial charge is 0.337 e. The number of hydrogen-bond donors (Lipinski definition) is 2. The molecule has 0 saturated heterocycles. The molecule has 0 aromatic heterocycles. The summed E-state index contributed by atoms with van der Waals surface area (Å²) in [4.78, 5) is 10.7. The maximum Gasteiger partial charge on any atom is 0.337 e. The molecule has 1 aromatic rings. The fourth-order valence-corrected chi connectivity index (χ4v) is 2.08. The zero-order valence-electron chi connectivity index (χ0n) is 9.80. The predicted molar refractivity (Wildman–Crippen MR) is 66.9 cm³/mol. The van der Waals surface area contributed by atoms with Crippen LogP contribution in [0.4, 0.5) is 0 Å². The van der Waals surface area contributed by atoms with E-state index in [0.717, 1.165) is 0 Å². The first-order valence-electron chi connectivity index (χ1n) is 5.90. The summed E-state index contributed by atoms with van der Waals surface area (Å²) in [5, 5.41) is 18.6. The number of hydrogen-bond acceptors (Lipinski definition) is 3. The molecule has 98 valence electrons. The van der Waals surface area contributed by atoms with Crippen molar-refractivity contribution in [1.82, 2.24) is 0 Å². The van der Waals surface area contributed by atoms with Crippen LogP contribution >= 0.6 is 11.6 Å². The maximum absolute atomic E-state index is 10.7. The van der Waals surface area contributed by atoms with Crippen LogP contribution in [0.25, 0.3) is 0 Å². The molecule has 1 aliphatic rings. The molecule has 4 nitrogen and oxygen atoms in total. The van der Waals surface area contributed by atoms with Crippen molar-refractivity contribution in [2.24, 2.45) is 5.92 Å². The molecule has 1 unspecified atom stereocenters. The minimum Gasteiger partial charge on any atom is -0.493 e. The highest BCUT2D eigenvalue weighted by molar-refractivity contribution is 6.30. The van der Waals surface area contributed by atoms with Crippen LogP contribution in [0, 0.1) is 5.92 Å². The van der Waals surface area contributed by atoms with Gasteiger partial charge in [0.25, 0.3) is 0 Å². The number of aliphatic carboxylic acids is 1. The highest BCUT2D eigenvalue weighted by Crippen LogP contribution is 2.29. The maximum atomic E-state index is 10.7. The molecule has 0 heterocycles. The van der Waals surface area contributed by atoms with E-state index in [1.165, 1.54) is 31.4 Å². The molecular formula is C13H15ClO4. The lowest BCUT2D eigenvalue weighted by Gasteiger charge is -2.25. The molecule has 1 aromatic carbocycles. The Morgan fingerprint density at radius 3 is 2.72 bits per heavy atom. The first-order chi connectivity index (χ1) is 8.56. The van der Waals surface area contributed by atoms with E-state index in [9.17, 15) is 9.90 Å². The molecule has 1 fully saturated rings. The van der Waals surface area contributed by atoms with Crippen LogP contribution in [0.15, 0.2) is 18.2 Å². The Morgan fingerprint density at radius 2 is 2.17 bits per heavy atom. The van der Waals surface area contributed by atoms with E-state index < -0.39 is 12.1 Å². The van der Waals surface area contributed by atoms with Gasteiger partial charge in [0.1, 0.15) is 5.75 Å². The van der Waals surface area contributed by atoms with Crippen LogP contribution in [-0.4, -0.2) is 22.8 Å². The summed E-state index contributed by atoms with van der Waals surface area (Å²) in [7, 11) is 0. The van der Waals surface area contributed by atoms with Crippen molar-refractivity contribution in [3.63, 3.8) is 0 Å². The highest BCUT2D eigenvalue weighted by atomic mass is 35.5. The van der Waals surface area contributed by atoms with Gasteiger partial charge in [0.2, 0.25) is 0 Å². The lowest BCUT2D eigenvalue weighted by Crippen LogP contribution is -2.19. The second-order valence-electron chi connectivity index (χ2n) is 4.57.